The van der Waals surface area contributed by atoms with Gasteiger partial charge >= 0.3 is 0 Å². The monoisotopic (exact) mass is 560 g/mol. The molecule has 2 amide bonds. The molecule has 1 atom stereocenters. The van der Waals surface area contributed by atoms with Crippen molar-refractivity contribution in [3.63, 3.8) is 0 Å². The highest BCUT2D eigenvalue weighted by molar-refractivity contribution is 6.14. The maximum atomic E-state index is 12.1. The molecule has 230 valence electrons. The Morgan fingerprint density at radius 1 is 0.795 bits per heavy atom. The third-order valence-corrected chi connectivity index (χ3v) is 4.43. The molecule has 0 bridgehead atoms. The number of unbranched alkanes of at least 4 members (excludes halogenated alkanes) is 1. The number of aliphatic hydroxyl groups is 4. The summed E-state index contributed by atoms with van der Waals surface area (Å²) >= 11 is 0. The van der Waals surface area contributed by atoms with Crippen molar-refractivity contribution >= 4 is 17.5 Å². The van der Waals surface area contributed by atoms with E-state index < -0.39 is 5.92 Å². The summed E-state index contributed by atoms with van der Waals surface area (Å²) in [6.45, 7) is 17.7. The Morgan fingerprint density at radius 2 is 1.26 bits per heavy atom. The molecule has 0 aliphatic carbocycles. The summed E-state index contributed by atoms with van der Waals surface area (Å²) in [5.41, 5.74) is 3.34. The maximum absolute atomic E-state index is 12.1. The van der Waals surface area contributed by atoms with Crippen LogP contribution in [0.3, 0.4) is 0 Å². The molecule has 1 aliphatic heterocycles. The van der Waals surface area contributed by atoms with E-state index in [-0.39, 0.29) is 38.2 Å². The van der Waals surface area contributed by atoms with E-state index >= 15 is 0 Å². The summed E-state index contributed by atoms with van der Waals surface area (Å²) in [6, 6.07) is 9.17. The second kappa shape index (κ2) is 30.5. The van der Waals surface area contributed by atoms with Gasteiger partial charge in [-0.2, -0.15) is 0 Å². The lowest BCUT2D eigenvalue weighted by Gasteiger charge is -2.14. The molecule has 1 saturated heterocycles. The molecular formula is C29H56N2O8. The Kier molecular flexibility index (Phi) is 32.3. The number of nitrogens with one attached hydrogen (secondary N) is 1. The zero-order valence-corrected chi connectivity index (χ0v) is 25.3. The number of hydrazine groups is 1. The first-order valence-electron chi connectivity index (χ1n) is 13.9. The van der Waals surface area contributed by atoms with E-state index in [1.54, 1.807) is 12.1 Å². The first kappa shape index (κ1) is 41.4. The summed E-state index contributed by atoms with van der Waals surface area (Å²) in [6.07, 6.45) is 2.51. The van der Waals surface area contributed by atoms with Crippen molar-refractivity contribution < 1.29 is 39.5 Å². The molecule has 1 fully saturated rings. The topological polar surface area (TPSA) is 149 Å². The van der Waals surface area contributed by atoms with Crippen LogP contribution in [0, 0.1) is 17.8 Å². The van der Waals surface area contributed by atoms with Gasteiger partial charge in [-0.25, -0.2) is 5.01 Å². The molecule has 39 heavy (non-hydrogen) atoms. The Hall–Kier alpha value is -2.08. The average Bonchev–Trinajstić information content (AvgIpc) is 3.21. The quantitative estimate of drug-likeness (QED) is 0.245. The van der Waals surface area contributed by atoms with Gasteiger partial charge in [0, 0.05) is 26.4 Å². The van der Waals surface area contributed by atoms with Crippen LogP contribution in [-0.2, 0) is 19.1 Å². The Balaban J connectivity index is -0.000000495. The second-order valence-electron chi connectivity index (χ2n) is 9.18. The van der Waals surface area contributed by atoms with Crippen LogP contribution >= 0.6 is 0 Å². The van der Waals surface area contributed by atoms with Crippen LogP contribution in [0.25, 0.3) is 0 Å². The Morgan fingerprint density at radius 3 is 1.59 bits per heavy atom. The lowest BCUT2D eigenvalue weighted by atomic mass is 10.0. The Labute approximate surface area is 236 Å². The summed E-state index contributed by atoms with van der Waals surface area (Å²) in [7, 11) is 0. The van der Waals surface area contributed by atoms with Gasteiger partial charge in [0.1, 0.15) is 5.92 Å². The van der Waals surface area contributed by atoms with E-state index in [1.165, 1.54) is 5.01 Å². The predicted molar refractivity (Wildman–Crippen MR) is 156 cm³/mol. The molecule has 5 N–H and O–H groups in total. The molecule has 1 unspecified atom stereocenters. The van der Waals surface area contributed by atoms with E-state index in [9.17, 15) is 9.59 Å². The zero-order chi connectivity index (χ0) is 30.5. The fraction of sp³-hybridized carbons (Fsp3) is 0.724. The highest BCUT2D eigenvalue weighted by Crippen LogP contribution is 2.22. The highest BCUT2D eigenvalue weighted by atomic mass is 16.5. The lowest BCUT2D eigenvalue weighted by Crippen LogP contribution is -2.35. The van der Waals surface area contributed by atoms with Gasteiger partial charge < -0.3 is 29.9 Å². The average molecular weight is 561 g/mol. The third kappa shape index (κ3) is 25.9. The van der Waals surface area contributed by atoms with Crippen LogP contribution in [0.15, 0.2) is 30.3 Å². The molecule has 10 heteroatoms. The molecule has 0 saturated carbocycles. The number of nitrogens with zero attached hydrogens (tertiary/aromatic N) is 1. The van der Waals surface area contributed by atoms with Crippen molar-refractivity contribution in [1.82, 2.24) is 5.43 Å². The van der Waals surface area contributed by atoms with Crippen LogP contribution in [-0.4, -0.2) is 85.1 Å². The van der Waals surface area contributed by atoms with Crippen LogP contribution in [0.2, 0.25) is 0 Å². The van der Waals surface area contributed by atoms with Gasteiger partial charge in [-0.3, -0.25) is 15.0 Å². The van der Waals surface area contributed by atoms with Crippen LogP contribution in [0.4, 0.5) is 5.69 Å². The number of carbonyl (C=O) groups excluding carboxylic acids is 2. The third-order valence-electron chi connectivity index (χ3n) is 4.43. The molecule has 1 heterocycles. The van der Waals surface area contributed by atoms with Gasteiger partial charge in [0.25, 0.3) is 11.8 Å². The van der Waals surface area contributed by atoms with Gasteiger partial charge in [0.15, 0.2) is 0 Å². The van der Waals surface area contributed by atoms with Crippen molar-refractivity contribution in [2.24, 2.45) is 17.8 Å². The molecule has 0 aromatic heterocycles. The minimum Gasteiger partial charge on any atom is -0.394 e. The SMILES string of the molecule is CC(C)COCC(C)C.CCCCC1C(=O)NN(c2ccccc2)C1=O.CCOCC.OCCO.OCCO. The van der Waals surface area contributed by atoms with Crippen LogP contribution in [0.1, 0.15) is 67.7 Å². The molecule has 2 rings (SSSR count). The Bertz CT molecular complexity index is 642. The van der Waals surface area contributed by atoms with Crippen LogP contribution < -0.4 is 10.4 Å². The van der Waals surface area contributed by atoms with Crippen LogP contribution in [0.5, 0.6) is 0 Å². The van der Waals surface area contributed by atoms with E-state index in [0.29, 0.717) is 23.9 Å². The van der Waals surface area contributed by atoms with E-state index in [2.05, 4.69) is 33.1 Å². The summed E-state index contributed by atoms with van der Waals surface area (Å²) in [5.74, 6) is 0.490. The van der Waals surface area contributed by atoms with E-state index in [4.69, 9.17) is 29.9 Å². The summed E-state index contributed by atoms with van der Waals surface area (Å²) < 4.78 is 10.2. The van der Waals surface area contributed by atoms with Gasteiger partial charge in [0.2, 0.25) is 0 Å². The summed E-state index contributed by atoms with van der Waals surface area (Å²) in [5, 5.41) is 31.8. The number of para-hydroxylation sites is 1. The van der Waals surface area contributed by atoms with Gasteiger partial charge in [-0.1, -0.05) is 65.7 Å². The summed E-state index contributed by atoms with van der Waals surface area (Å²) in [4.78, 5) is 23.8. The highest BCUT2D eigenvalue weighted by Gasteiger charge is 2.39. The number of carbonyl (C=O) groups is 2. The number of ether oxygens (including phenoxy) is 2. The minimum atomic E-state index is -0.518. The lowest BCUT2D eigenvalue weighted by molar-refractivity contribution is -0.127. The smallest absolute Gasteiger partial charge is 0.258 e. The number of hydrogen-bond acceptors (Lipinski definition) is 8. The standard InChI is InChI=1S/C13H16N2O2.C8H18O.C4H10O.2C2H6O2/c1-2-3-9-11-12(16)14-15(13(11)17)10-7-5-4-6-8-10;1-7(2)5-9-6-8(3)4;1-3-5-4-2;2*3-1-2-4/h4-8,11H,2-3,9H2,1H3,(H,14,16);7-8H,5-6H2,1-4H3;3-4H2,1-2H3;2*3-4H,1-2H2. The fourth-order valence-corrected chi connectivity index (χ4v) is 2.69. The largest absolute Gasteiger partial charge is 0.394 e. The van der Waals surface area contributed by atoms with Crippen molar-refractivity contribution in [1.29, 1.82) is 0 Å². The minimum absolute atomic E-state index is 0.125. The zero-order valence-electron chi connectivity index (χ0n) is 25.3. The molecule has 0 spiro atoms. The number of rotatable bonds is 12. The number of hydrogen-bond donors (Lipinski definition) is 5. The molecular weight excluding hydrogens is 504 g/mol. The first-order valence-corrected chi connectivity index (χ1v) is 13.9. The number of amides is 2. The van der Waals surface area contributed by atoms with Gasteiger partial charge in [-0.05, 0) is 44.2 Å². The molecule has 10 nitrogen and oxygen atoms in total. The second-order valence-corrected chi connectivity index (χ2v) is 9.18. The molecule has 1 aromatic carbocycles. The molecule has 1 aliphatic rings. The van der Waals surface area contributed by atoms with Crippen molar-refractivity contribution in [3.05, 3.63) is 30.3 Å². The number of anilines is 1. The number of benzene rings is 1. The van der Waals surface area contributed by atoms with Crippen molar-refractivity contribution in [3.8, 4) is 0 Å². The molecule has 0 radical (unpaired) electrons. The van der Waals surface area contributed by atoms with E-state index in [1.807, 2.05) is 39.0 Å². The normalized spacial score (nSPS) is 13.8. The maximum Gasteiger partial charge on any atom is 0.258 e. The molecule has 1 aromatic rings. The van der Waals surface area contributed by atoms with Gasteiger partial charge in [-0.15, -0.1) is 0 Å². The van der Waals surface area contributed by atoms with Crippen molar-refractivity contribution in [2.45, 2.75) is 67.7 Å². The van der Waals surface area contributed by atoms with Gasteiger partial charge in [0.05, 0.1) is 32.1 Å². The number of aliphatic hydroxyl groups excluding tert-OH is 4. The predicted octanol–water partition coefficient (Wildman–Crippen LogP) is 3.17. The van der Waals surface area contributed by atoms with E-state index in [0.717, 1.165) is 39.3 Å². The van der Waals surface area contributed by atoms with Crippen molar-refractivity contribution in [2.75, 3.05) is 57.9 Å². The first-order chi connectivity index (χ1) is 18.6. The fourth-order valence-electron chi connectivity index (χ4n) is 2.69.